The van der Waals surface area contributed by atoms with Crippen LogP contribution in [0.2, 0.25) is 0 Å². The Morgan fingerprint density at radius 1 is 1.37 bits per heavy atom. The fraction of sp³-hybridized carbons (Fsp3) is 0.800. The van der Waals surface area contributed by atoms with Gasteiger partial charge in [-0.15, -0.1) is 0 Å². The number of hydrogen-bond acceptors (Lipinski definition) is 5. The van der Waals surface area contributed by atoms with Gasteiger partial charge in [-0.1, -0.05) is 19.1 Å². The topological polar surface area (TPSA) is 61.8 Å². The van der Waals surface area contributed by atoms with Crippen LogP contribution in [0.3, 0.4) is 0 Å². The lowest BCUT2D eigenvalue weighted by molar-refractivity contribution is -0.194. The maximum atomic E-state index is 13.9. The molecule has 0 aromatic heterocycles. The highest BCUT2D eigenvalue weighted by molar-refractivity contribution is 5.85. The predicted molar refractivity (Wildman–Crippen MR) is 93.2 cm³/mol. The van der Waals surface area contributed by atoms with Crippen LogP contribution in [0.1, 0.15) is 58.3 Å². The largest absolute Gasteiger partial charge is 0.462 e. The summed E-state index contributed by atoms with van der Waals surface area (Å²) in [5.74, 6) is -4.89. The molecule has 1 unspecified atom stereocenters. The van der Waals surface area contributed by atoms with Crippen LogP contribution in [0.4, 0.5) is 8.78 Å². The summed E-state index contributed by atoms with van der Waals surface area (Å²) < 4.78 is 45.0. The molecule has 0 N–H and O–H groups in total. The van der Waals surface area contributed by atoms with Crippen LogP contribution in [-0.2, 0) is 23.8 Å². The molecule has 1 aliphatic carbocycles. The lowest BCUT2D eigenvalue weighted by Gasteiger charge is -2.28. The zero-order valence-electron chi connectivity index (χ0n) is 15.7. The number of carbonyl (C=O) groups is 2. The number of alkyl halides is 2. The first-order valence-corrected chi connectivity index (χ1v) is 9.95. The number of Topliss-reactive ketones (excluding diaryl/α,β-unsaturated/α-hetero) is 1. The molecule has 3 fully saturated rings. The van der Waals surface area contributed by atoms with Gasteiger partial charge in [0.1, 0.15) is 6.10 Å². The van der Waals surface area contributed by atoms with Crippen molar-refractivity contribution in [1.29, 1.82) is 0 Å². The van der Waals surface area contributed by atoms with Gasteiger partial charge in [0.2, 0.25) is 5.78 Å². The SMILES string of the molecule is CCCC(=O)C(F)(F)CC=C[C@@H]1[C@H]2CC(=O)O[C@H]2C[C@H]1OC1CCCCO1. The molecule has 0 bridgehead atoms. The van der Waals surface area contributed by atoms with Crippen molar-refractivity contribution in [3.63, 3.8) is 0 Å². The van der Waals surface area contributed by atoms with E-state index in [1.54, 1.807) is 13.0 Å². The molecule has 5 nitrogen and oxygen atoms in total. The van der Waals surface area contributed by atoms with Crippen molar-refractivity contribution in [1.82, 2.24) is 0 Å². The Morgan fingerprint density at radius 3 is 2.89 bits per heavy atom. The quantitative estimate of drug-likeness (QED) is 0.469. The van der Waals surface area contributed by atoms with Crippen LogP contribution in [0.5, 0.6) is 0 Å². The second-order valence-electron chi connectivity index (χ2n) is 7.69. The van der Waals surface area contributed by atoms with Crippen molar-refractivity contribution >= 4 is 11.8 Å². The van der Waals surface area contributed by atoms with Gasteiger partial charge in [-0.05, 0) is 25.7 Å². The highest BCUT2D eigenvalue weighted by Gasteiger charge is 2.50. The molecule has 3 rings (SSSR count). The van der Waals surface area contributed by atoms with Crippen LogP contribution in [0.15, 0.2) is 12.2 Å². The number of carbonyl (C=O) groups excluding carboxylic acids is 2. The summed E-state index contributed by atoms with van der Waals surface area (Å²) in [7, 11) is 0. The van der Waals surface area contributed by atoms with Crippen LogP contribution in [-0.4, -0.2) is 42.8 Å². The summed E-state index contributed by atoms with van der Waals surface area (Å²) in [5.41, 5.74) is 0. The van der Waals surface area contributed by atoms with Gasteiger partial charge >= 0.3 is 11.9 Å². The molecule has 7 heteroatoms. The molecule has 2 heterocycles. The molecule has 0 aromatic carbocycles. The van der Waals surface area contributed by atoms with E-state index in [0.717, 1.165) is 19.3 Å². The standard InChI is InChI=1S/C20H28F2O5/c1-2-6-17(23)20(21,22)9-5-7-13-14-11-18(24)26-16(14)12-15(13)27-19-8-3-4-10-25-19/h5,7,13-16,19H,2-4,6,8-12H2,1H3/t13-,14-,15-,16+,19?/m1/s1. The Kier molecular flexibility index (Phi) is 6.63. The summed E-state index contributed by atoms with van der Waals surface area (Å²) in [6, 6.07) is 0. The van der Waals surface area contributed by atoms with Crippen LogP contribution < -0.4 is 0 Å². The van der Waals surface area contributed by atoms with Crippen molar-refractivity contribution in [2.45, 2.75) is 82.7 Å². The second kappa shape index (κ2) is 8.78. The highest BCUT2D eigenvalue weighted by atomic mass is 19.3. The number of hydrogen-bond donors (Lipinski definition) is 0. The van der Waals surface area contributed by atoms with E-state index in [9.17, 15) is 18.4 Å². The van der Waals surface area contributed by atoms with Gasteiger partial charge in [0, 0.05) is 37.7 Å². The molecule has 0 amide bonds. The molecule has 0 spiro atoms. The summed E-state index contributed by atoms with van der Waals surface area (Å²) in [5, 5.41) is 0. The van der Waals surface area contributed by atoms with E-state index < -0.39 is 18.1 Å². The van der Waals surface area contributed by atoms with Crippen molar-refractivity contribution in [3.8, 4) is 0 Å². The van der Waals surface area contributed by atoms with E-state index in [1.165, 1.54) is 6.08 Å². The van der Waals surface area contributed by atoms with Gasteiger partial charge in [-0.25, -0.2) is 0 Å². The third-order valence-corrected chi connectivity index (χ3v) is 5.63. The molecule has 152 valence electrons. The van der Waals surface area contributed by atoms with Gasteiger partial charge in [0.15, 0.2) is 6.29 Å². The van der Waals surface area contributed by atoms with Crippen molar-refractivity contribution in [2.75, 3.05) is 6.61 Å². The fourth-order valence-electron chi connectivity index (χ4n) is 4.22. The monoisotopic (exact) mass is 386 g/mol. The van der Waals surface area contributed by atoms with E-state index in [-0.39, 0.29) is 49.1 Å². The van der Waals surface area contributed by atoms with E-state index >= 15 is 0 Å². The van der Waals surface area contributed by atoms with Gasteiger partial charge in [-0.3, -0.25) is 9.59 Å². The number of ether oxygens (including phenoxy) is 3. The smallest absolute Gasteiger partial charge is 0.308 e. The molecule has 1 saturated carbocycles. The fourth-order valence-corrected chi connectivity index (χ4v) is 4.22. The number of rotatable bonds is 8. The maximum absolute atomic E-state index is 13.9. The highest BCUT2D eigenvalue weighted by Crippen LogP contribution is 2.44. The predicted octanol–water partition coefficient (Wildman–Crippen LogP) is 3.80. The number of esters is 1. The first-order valence-electron chi connectivity index (χ1n) is 9.95. The first kappa shape index (κ1) is 20.4. The number of halogens is 2. The first-order chi connectivity index (χ1) is 12.9. The van der Waals surface area contributed by atoms with E-state index in [1.807, 2.05) is 0 Å². The molecule has 0 radical (unpaired) electrons. The lowest BCUT2D eigenvalue weighted by atomic mass is 9.91. The summed E-state index contributed by atoms with van der Waals surface area (Å²) in [6.45, 7) is 2.36. The number of allylic oxidation sites excluding steroid dienone is 1. The van der Waals surface area contributed by atoms with Crippen molar-refractivity contribution in [3.05, 3.63) is 12.2 Å². The van der Waals surface area contributed by atoms with Crippen LogP contribution >= 0.6 is 0 Å². The Balaban J connectivity index is 1.64. The molecular formula is C20H28F2O5. The Morgan fingerprint density at radius 2 is 2.19 bits per heavy atom. The second-order valence-corrected chi connectivity index (χ2v) is 7.69. The van der Waals surface area contributed by atoms with Gasteiger partial charge < -0.3 is 14.2 Å². The van der Waals surface area contributed by atoms with Gasteiger partial charge in [-0.2, -0.15) is 8.78 Å². The lowest BCUT2D eigenvalue weighted by Crippen LogP contribution is -2.31. The number of fused-ring (bicyclic) bond motifs is 1. The molecule has 0 aromatic rings. The molecule has 2 aliphatic heterocycles. The minimum absolute atomic E-state index is 0.0673. The average Bonchev–Trinajstić information content (AvgIpc) is 3.12. The normalized spacial score (nSPS) is 34.0. The zero-order chi connectivity index (χ0) is 19.4. The molecule has 3 aliphatic rings. The number of ketones is 1. The summed E-state index contributed by atoms with van der Waals surface area (Å²) >= 11 is 0. The Bertz CT molecular complexity index is 571. The third-order valence-electron chi connectivity index (χ3n) is 5.63. The zero-order valence-corrected chi connectivity index (χ0v) is 15.7. The molecular weight excluding hydrogens is 358 g/mol. The van der Waals surface area contributed by atoms with Crippen LogP contribution in [0, 0.1) is 11.8 Å². The van der Waals surface area contributed by atoms with Gasteiger partial charge in [0.05, 0.1) is 12.5 Å². The molecule has 5 atom stereocenters. The minimum Gasteiger partial charge on any atom is -0.462 e. The molecule has 2 saturated heterocycles. The summed E-state index contributed by atoms with van der Waals surface area (Å²) in [6.07, 6.45) is 5.64. The van der Waals surface area contributed by atoms with Crippen LogP contribution in [0.25, 0.3) is 0 Å². The summed E-state index contributed by atoms with van der Waals surface area (Å²) in [4.78, 5) is 23.2. The Labute approximate surface area is 158 Å². The average molecular weight is 386 g/mol. The van der Waals surface area contributed by atoms with E-state index in [0.29, 0.717) is 19.4 Å². The van der Waals surface area contributed by atoms with E-state index in [4.69, 9.17) is 14.2 Å². The van der Waals surface area contributed by atoms with E-state index in [2.05, 4.69) is 0 Å². The van der Waals surface area contributed by atoms with Crippen molar-refractivity contribution < 1.29 is 32.6 Å². The van der Waals surface area contributed by atoms with Gasteiger partial charge in [0.25, 0.3) is 0 Å². The third kappa shape index (κ3) is 4.93. The maximum Gasteiger partial charge on any atom is 0.308 e. The van der Waals surface area contributed by atoms with Crippen molar-refractivity contribution in [2.24, 2.45) is 11.8 Å². The molecule has 27 heavy (non-hydrogen) atoms. The minimum atomic E-state index is -3.35. The Hall–Kier alpha value is -1.34.